The number of hydrogen-bond donors (Lipinski definition) is 1. The molecule has 1 aliphatic rings. The number of rotatable bonds is 6. The number of benzene rings is 1. The van der Waals surface area contributed by atoms with Crippen LogP contribution in [0, 0.1) is 0 Å². The molecule has 0 saturated carbocycles. The van der Waals surface area contributed by atoms with E-state index in [9.17, 15) is 18.0 Å². The number of halogens is 4. The number of hydrogen-bond acceptors (Lipinski definition) is 5. The Bertz CT molecular complexity index is 875. The van der Waals surface area contributed by atoms with Crippen molar-refractivity contribution >= 4 is 23.4 Å². The predicted molar refractivity (Wildman–Crippen MR) is 115 cm³/mol. The Morgan fingerprint density at radius 3 is 2.38 bits per heavy atom. The molecule has 0 bridgehead atoms. The number of alkyl halides is 3. The summed E-state index contributed by atoms with van der Waals surface area (Å²) in [5.41, 5.74) is -5.93. The maximum absolute atomic E-state index is 15.8. The van der Waals surface area contributed by atoms with Gasteiger partial charge in [0.15, 0.2) is 5.54 Å². The minimum atomic E-state index is -4.44. The fourth-order valence-corrected chi connectivity index (χ4v) is 4.14. The molecule has 3 rings (SSSR count). The van der Waals surface area contributed by atoms with Gasteiger partial charge in [0, 0.05) is 42.1 Å². The summed E-state index contributed by atoms with van der Waals surface area (Å²) in [6.07, 6.45) is 5.92. The fourth-order valence-electron chi connectivity index (χ4n) is 3.60. The number of nitrogens with one attached hydrogen (secondary N) is 1. The van der Waals surface area contributed by atoms with Crippen molar-refractivity contribution in [2.45, 2.75) is 54.6 Å². The number of anilines is 1. The second-order valence-electron chi connectivity index (χ2n) is 7.70. The van der Waals surface area contributed by atoms with Gasteiger partial charge in [-0.1, -0.05) is 10.5 Å². The van der Waals surface area contributed by atoms with Gasteiger partial charge in [0.05, 0.1) is 5.69 Å². The topological polar surface area (TPSA) is 54.5 Å². The highest BCUT2D eigenvalue weighted by molar-refractivity contribution is 8.00. The van der Waals surface area contributed by atoms with Crippen LogP contribution in [0.15, 0.2) is 53.7 Å². The van der Waals surface area contributed by atoms with Gasteiger partial charge in [0.2, 0.25) is 0 Å². The van der Waals surface area contributed by atoms with Crippen LogP contribution in [0.4, 0.5) is 23.3 Å². The molecule has 1 saturated heterocycles. The van der Waals surface area contributed by atoms with Crippen molar-refractivity contribution in [3.05, 3.63) is 54.4 Å². The van der Waals surface area contributed by atoms with Crippen molar-refractivity contribution < 1.29 is 27.2 Å². The molecule has 0 radical (unpaired) electrons. The lowest BCUT2D eigenvalue weighted by atomic mass is 9.90. The Kier molecular flexibility index (Phi) is 8.00. The molecule has 0 spiro atoms. The zero-order chi connectivity index (χ0) is 23.2. The molecule has 10 heteroatoms. The lowest BCUT2D eigenvalue weighted by Gasteiger charge is -2.36. The third-order valence-corrected chi connectivity index (χ3v) is 6.11. The smallest absolute Gasteiger partial charge is 0.381 e. The second kappa shape index (κ2) is 10.5. The number of ether oxygens (including phenoxy) is 1. The van der Waals surface area contributed by atoms with E-state index in [-0.39, 0.29) is 33.5 Å². The summed E-state index contributed by atoms with van der Waals surface area (Å²) in [4.78, 5) is 17.3. The third-order valence-electron chi connectivity index (χ3n) is 5.37. The average molecular weight is 472 g/mol. The van der Waals surface area contributed by atoms with E-state index in [1.165, 1.54) is 43.6 Å². The van der Waals surface area contributed by atoms with E-state index in [2.05, 4.69) is 10.3 Å². The summed E-state index contributed by atoms with van der Waals surface area (Å²) in [7, 11) is 0. The molecule has 5 nitrogen and oxygen atoms in total. The van der Waals surface area contributed by atoms with E-state index < -0.39 is 17.0 Å². The van der Waals surface area contributed by atoms with Crippen LogP contribution >= 0.6 is 11.8 Å². The van der Waals surface area contributed by atoms with Crippen LogP contribution in [0.5, 0.6) is 0 Å². The molecular weight excluding hydrogens is 446 g/mol. The first-order chi connectivity index (χ1) is 15.2. The molecule has 1 aromatic heterocycles. The fraction of sp³-hybridized carbons (Fsp3) is 0.455. The van der Waals surface area contributed by atoms with Crippen molar-refractivity contribution in [1.82, 2.24) is 10.3 Å². The van der Waals surface area contributed by atoms with E-state index in [1.54, 1.807) is 12.1 Å². The number of amides is 1. The highest BCUT2D eigenvalue weighted by Crippen LogP contribution is 2.39. The molecule has 1 fully saturated rings. The summed E-state index contributed by atoms with van der Waals surface area (Å²) in [5.74, 6) is -0.548. The first-order valence-electron chi connectivity index (χ1n) is 10.3. The van der Waals surface area contributed by atoms with Gasteiger partial charge in [-0.05, 0) is 74.7 Å². The second-order valence-corrected chi connectivity index (χ2v) is 8.84. The van der Waals surface area contributed by atoms with Gasteiger partial charge >= 0.3 is 5.51 Å². The molecular formula is C22H25F4N3O2S. The molecule has 1 N–H and O–H groups in total. The Labute approximate surface area is 188 Å². The normalized spacial score (nSPS) is 17.7. The standard InChI is InChI=1S/C22H25F4N3O2S/c1-21(16-5-2-12-27-15-16,20(30)28-17-6-3-13-31-14-4-7-17)29(26)18-8-10-19(11-9-18)32-22(23,24)25/h2,5,8-12,15,17H,3-4,6-7,13-14H2,1H3,(H,28,30). The number of carbonyl (C=O) groups is 1. The number of thioether (sulfide) groups is 1. The van der Waals surface area contributed by atoms with Gasteiger partial charge in [-0.3, -0.25) is 9.78 Å². The van der Waals surface area contributed by atoms with E-state index in [4.69, 9.17) is 4.74 Å². The van der Waals surface area contributed by atoms with Crippen LogP contribution in [0.25, 0.3) is 0 Å². The number of nitrogens with zero attached hydrogens (tertiary/aromatic N) is 2. The minimum absolute atomic E-state index is 0.0379. The van der Waals surface area contributed by atoms with Crippen LogP contribution in [-0.4, -0.2) is 35.7 Å². The zero-order valence-corrected chi connectivity index (χ0v) is 18.4. The highest BCUT2D eigenvalue weighted by atomic mass is 32.2. The summed E-state index contributed by atoms with van der Waals surface area (Å²) in [5, 5.41) is 3.25. The van der Waals surface area contributed by atoms with Crippen molar-refractivity contribution in [3.63, 3.8) is 0 Å². The van der Waals surface area contributed by atoms with E-state index in [1.807, 2.05) is 0 Å². The Balaban J connectivity index is 1.86. The molecule has 1 unspecified atom stereocenters. The summed E-state index contributed by atoms with van der Waals surface area (Å²) < 4.78 is 59.0. The van der Waals surface area contributed by atoms with Crippen LogP contribution in [0.2, 0.25) is 0 Å². The Morgan fingerprint density at radius 1 is 1.16 bits per heavy atom. The summed E-state index contributed by atoms with van der Waals surface area (Å²) in [6.45, 7) is 2.66. The average Bonchev–Trinajstić information content (AvgIpc) is 2.74. The number of pyridine rings is 1. The molecule has 174 valence electrons. The van der Waals surface area contributed by atoms with Crippen LogP contribution in [-0.2, 0) is 15.1 Å². The molecule has 0 aliphatic carbocycles. The number of aromatic nitrogens is 1. The summed E-state index contributed by atoms with van der Waals surface area (Å²) >= 11 is -0.282. The monoisotopic (exact) mass is 471 g/mol. The lowest BCUT2D eigenvalue weighted by molar-refractivity contribution is -0.128. The molecule has 2 heterocycles. The Morgan fingerprint density at radius 2 is 1.81 bits per heavy atom. The van der Waals surface area contributed by atoms with Crippen LogP contribution < -0.4 is 10.4 Å². The van der Waals surface area contributed by atoms with Crippen molar-refractivity contribution in [3.8, 4) is 0 Å². The maximum atomic E-state index is 15.8. The summed E-state index contributed by atoms with van der Waals surface area (Å²) in [6, 6.07) is 7.88. The quantitative estimate of drug-likeness (QED) is 0.349. The molecule has 1 aliphatic heterocycles. The molecule has 32 heavy (non-hydrogen) atoms. The highest BCUT2D eigenvalue weighted by Gasteiger charge is 2.44. The first kappa shape index (κ1) is 24.3. The van der Waals surface area contributed by atoms with Gasteiger partial charge in [-0.2, -0.15) is 18.3 Å². The molecule has 1 amide bonds. The minimum Gasteiger partial charge on any atom is -0.381 e. The van der Waals surface area contributed by atoms with Crippen molar-refractivity contribution in [2.75, 3.05) is 18.3 Å². The van der Waals surface area contributed by atoms with Crippen molar-refractivity contribution in [1.29, 1.82) is 0 Å². The van der Waals surface area contributed by atoms with E-state index >= 15 is 4.48 Å². The molecule has 1 aromatic carbocycles. The Hall–Kier alpha value is -2.33. The number of carbonyl (C=O) groups excluding carboxylic acids is 1. The molecule has 2 aromatic rings. The van der Waals surface area contributed by atoms with Gasteiger partial charge in [-0.15, -0.1) is 0 Å². The van der Waals surface area contributed by atoms with Gasteiger partial charge in [-0.25, -0.2) is 0 Å². The van der Waals surface area contributed by atoms with E-state index in [0.29, 0.717) is 31.6 Å². The van der Waals surface area contributed by atoms with Gasteiger partial charge in [0.1, 0.15) is 0 Å². The third kappa shape index (κ3) is 6.13. The maximum Gasteiger partial charge on any atom is 0.446 e. The van der Waals surface area contributed by atoms with Gasteiger partial charge < -0.3 is 10.1 Å². The SMILES string of the molecule is CC(C(=O)NC1CCCOCCC1)(c1cccnc1)N(F)c1ccc(SC(F)(F)F)cc1. The molecule has 1 atom stereocenters. The first-order valence-corrected chi connectivity index (χ1v) is 11.1. The largest absolute Gasteiger partial charge is 0.446 e. The van der Waals surface area contributed by atoms with Crippen LogP contribution in [0.1, 0.15) is 38.2 Å². The lowest BCUT2D eigenvalue weighted by Crippen LogP contribution is -2.54. The predicted octanol–water partition coefficient (Wildman–Crippen LogP) is 5.38. The van der Waals surface area contributed by atoms with Crippen molar-refractivity contribution in [2.24, 2.45) is 0 Å². The van der Waals surface area contributed by atoms with Gasteiger partial charge in [0.25, 0.3) is 5.91 Å². The van der Waals surface area contributed by atoms with Crippen LogP contribution in [0.3, 0.4) is 0 Å². The van der Waals surface area contributed by atoms with E-state index in [0.717, 1.165) is 12.8 Å². The zero-order valence-electron chi connectivity index (χ0n) is 17.6.